The molecule has 1 amide bonds. The normalized spacial score (nSPS) is 17.9. The molecule has 0 radical (unpaired) electrons. The van der Waals surface area contributed by atoms with Gasteiger partial charge in [-0.1, -0.05) is 32.1 Å². The van der Waals surface area contributed by atoms with E-state index in [1.807, 2.05) is 0 Å². The number of benzene rings is 1. The molecule has 1 saturated carbocycles. The smallest absolute Gasteiger partial charge is 0.264 e. The van der Waals surface area contributed by atoms with Crippen molar-refractivity contribution in [2.75, 3.05) is 13.2 Å². The summed E-state index contributed by atoms with van der Waals surface area (Å²) in [6.45, 7) is 0.820. The summed E-state index contributed by atoms with van der Waals surface area (Å²) in [4.78, 5) is 12.0. The average Bonchev–Trinajstić information content (AvgIpc) is 2.62. The fraction of sp³-hybridized carbons (Fsp3) is 0.611. The maximum atomic E-state index is 12.4. The molecule has 6 nitrogen and oxygen atoms in total. The Balaban J connectivity index is 1.52. The van der Waals surface area contributed by atoms with Crippen molar-refractivity contribution in [3.05, 3.63) is 18.2 Å². The Morgan fingerprint density at radius 1 is 1.08 bits per heavy atom. The van der Waals surface area contributed by atoms with Crippen LogP contribution in [0.4, 0.5) is 0 Å². The third-order valence-electron chi connectivity index (χ3n) is 4.81. The van der Waals surface area contributed by atoms with Crippen LogP contribution in [-0.2, 0) is 14.8 Å². The average molecular weight is 367 g/mol. The topological polar surface area (TPSA) is 81.7 Å². The van der Waals surface area contributed by atoms with E-state index in [9.17, 15) is 13.2 Å². The van der Waals surface area contributed by atoms with Crippen LogP contribution in [0, 0.1) is 5.92 Å². The van der Waals surface area contributed by atoms with Crippen LogP contribution < -0.4 is 14.2 Å². The first-order valence-electron chi connectivity index (χ1n) is 9.00. The third kappa shape index (κ3) is 4.87. The Hall–Kier alpha value is -1.76. The predicted molar refractivity (Wildman–Crippen MR) is 93.2 cm³/mol. The van der Waals surface area contributed by atoms with Gasteiger partial charge in [-0.3, -0.25) is 4.79 Å². The fourth-order valence-electron chi connectivity index (χ4n) is 3.48. The lowest BCUT2D eigenvalue weighted by atomic mass is 9.86. The molecule has 0 bridgehead atoms. The Bertz CT molecular complexity index is 710. The Morgan fingerprint density at radius 3 is 2.56 bits per heavy atom. The number of rotatable bonds is 6. The van der Waals surface area contributed by atoms with Gasteiger partial charge in [0.05, 0.1) is 4.90 Å². The highest BCUT2D eigenvalue weighted by Gasteiger charge is 2.21. The molecular formula is C18H25NO5S. The lowest BCUT2D eigenvalue weighted by molar-refractivity contribution is -0.119. The molecule has 2 aliphatic rings. The van der Waals surface area contributed by atoms with E-state index >= 15 is 0 Å². The molecule has 0 spiro atoms. The van der Waals surface area contributed by atoms with Gasteiger partial charge in [0.15, 0.2) is 11.5 Å². The summed E-state index contributed by atoms with van der Waals surface area (Å²) in [6, 6.07) is 4.37. The Morgan fingerprint density at radius 2 is 1.80 bits per heavy atom. The van der Waals surface area contributed by atoms with E-state index in [1.165, 1.54) is 44.2 Å². The maximum absolute atomic E-state index is 12.4. The van der Waals surface area contributed by atoms with Crippen molar-refractivity contribution in [3.63, 3.8) is 0 Å². The molecule has 1 aromatic carbocycles. The first kappa shape index (κ1) is 18.0. The van der Waals surface area contributed by atoms with Gasteiger partial charge in [-0.2, -0.15) is 0 Å². The van der Waals surface area contributed by atoms with Gasteiger partial charge < -0.3 is 9.47 Å². The van der Waals surface area contributed by atoms with Gasteiger partial charge >= 0.3 is 0 Å². The molecule has 1 fully saturated rings. The van der Waals surface area contributed by atoms with E-state index in [2.05, 4.69) is 4.72 Å². The van der Waals surface area contributed by atoms with Gasteiger partial charge in [-0.15, -0.1) is 0 Å². The molecule has 0 saturated heterocycles. The minimum absolute atomic E-state index is 0.0115. The molecule has 1 aliphatic carbocycles. The standard InChI is InChI=1S/C18H25NO5S/c20-18(8-4-7-14-5-2-1-3-6-14)19-25(21,22)15-9-10-16-17(13-15)24-12-11-23-16/h9-10,13-14H,1-8,11-12H2,(H,19,20). The monoisotopic (exact) mass is 367 g/mol. The third-order valence-corrected chi connectivity index (χ3v) is 6.18. The SMILES string of the molecule is O=C(CCCC1CCCCC1)NS(=O)(=O)c1ccc2c(c1)OCCO2. The highest BCUT2D eigenvalue weighted by Crippen LogP contribution is 2.32. The number of fused-ring (bicyclic) bond motifs is 1. The number of hydrogen-bond donors (Lipinski definition) is 1. The molecule has 1 aliphatic heterocycles. The summed E-state index contributed by atoms with van der Waals surface area (Å²) in [5, 5.41) is 0. The number of carbonyl (C=O) groups excluding carboxylic acids is 1. The molecule has 7 heteroatoms. The van der Waals surface area contributed by atoms with Gasteiger partial charge in [0.25, 0.3) is 10.0 Å². The van der Waals surface area contributed by atoms with Gasteiger partial charge in [0.1, 0.15) is 13.2 Å². The number of sulfonamides is 1. The van der Waals surface area contributed by atoms with E-state index in [4.69, 9.17) is 9.47 Å². The molecule has 138 valence electrons. The summed E-state index contributed by atoms with van der Waals surface area (Å²) in [6.07, 6.45) is 8.29. The van der Waals surface area contributed by atoms with Crippen LogP contribution >= 0.6 is 0 Å². The van der Waals surface area contributed by atoms with E-state index in [0.29, 0.717) is 30.6 Å². The second kappa shape index (κ2) is 8.08. The second-order valence-electron chi connectivity index (χ2n) is 6.73. The highest BCUT2D eigenvalue weighted by atomic mass is 32.2. The van der Waals surface area contributed by atoms with E-state index in [1.54, 1.807) is 6.07 Å². The zero-order valence-corrected chi connectivity index (χ0v) is 15.1. The van der Waals surface area contributed by atoms with Crippen LogP contribution in [0.2, 0.25) is 0 Å². The molecular weight excluding hydrogens is 342 g/mol. The van der Waals surface area contributed by atoms with Crippen LogP contribution in [0.25, 0.3) is 0 Å². The molecule has 0 atom stereocenters. The van der Waals surface area contributed by atoms with Crippen LogP contribution in [0.1, 0.15) is 51.4 Å². The molecule has 1 aromatic rings. The van der Waals surface area contributed by atoms with Gasteiger partial charge in [-0.25, -0.2) is 13.1 Å². The number of nitrogens with one attached hydrogen (secondary N) is 1. The lowest BCUT2D eigenvalue weighted by Gasteiger charge is -2.21. The number of ether oxygens (including phenoxy) is 2. The van der Waals surface area contributed by atoms with Crippen molar-refractivity contribution in [1.82, 2.24) is 4.72 Å². The van der Waals surface area contributed by atoms with Crippen LogP contribution in [0.15, 0.2) is 23.1 Å². The zero-order chi connectivity index (χ0) is 17.7. The molecule has 0 unspecified atom stereocenters. The van der Waals surface area contributed by atoms with Gasteiger partial charge in [-0.05, 0) is 30.9 Å². The summed E-state index contributed by atoms with van der Waals surface area (Å²) >= 11 is 0. The molecule has 3 rings (SSSR count). The summed E-state index contributed by atoms with van der Waals surface area (Å²) in [7, 11) is -3.88. The fourth-order valence-corrected chi connectivity index (χ4v) is 4.51. The first-order valence-corrected chi connectivity index (χ1v) is 10.5. The van der Waals surface area contributed by atoms with Crippen molar-refractivity contribution in [2.45, 2.75) is 56.3 Å². The number of carbonyl (C=O) groups is 1. The summed E-state index contributed by atoms with van der Waals surface area (Å²) < 4.78 is 37.7. The maximum Gasteiger partial charge on any atom is 0.264 e. The van der Waals surface area contributed by atoms with Crippen molar-refractivity contribution >= 4 is 15.9 Å². The summed E-state index contributed by atoms with van der Waals surface area (Å²) in [5.74, 6) is 1.14. The van der Waals surface area contributed by atoms with Gasteiger partial charge in [0, 0.05) is 12.5 Å². The minimum atomic E-state index is -3.88. The highest BCUT2D eigenvalue weighted by molar-refractivity contribution is 7.90. The molecule has 1 N–H and O–H groups in total. The number of hydrogen-bond acceptors (Lipinski definition) is 5. The summed E-state index contributed by atoms with van der Waals surface area (Å²) in [5.41, 5.74) is 0. The first-order chi connectivity index (χ1) is 12.0. The second-order valence-corrected chi connectivity index (χ2v) is 8.41. The van der Waals surface area contributed by atoms with Crippen molar-refractivity contribution in [2.24, 2.45) is 5.92 Å². The van der Waals surface area contributed by atoms with E-state index in [0.717, 1.165) is 12.8 Å². The van der Waals surface area contributed by atoms with Crippen LogP contribution in [0.5, 0.6) is 11.5 Å². The van der Waals surface area contributed by atoms with Crippen molar-refractivity contribution in [3.8, 4) is 11.5 Å². The number of amides is 1. The molecule has 25 heavy (non-hydrogen) atoms. The molecule has 1 heterocycles. The molecule has 0 aromatic heterocycles. The Kier molecular flexibility index (Phi) is 5.83. The Labute approximate surface area is 148 Å². The largest absolute Gasteiger partial charge is 0.486 e. The van der Waals surface area contributed by atoms with E-state index < -0.39 is 15.9 Å². The van der Waals surface area contributed by atoms with Crippen LogP contribution in [0.3, 0.4) is 0 Å². The van der Waals surface area contributed by atoms with Crippen molar-refractivity contribution in [1.29, 1.82) is 0 Å². The van der Waals surface area contributed by atoms with Crippen LogP contribution in [-0.4, -0.2) is 27.5 Å². The van der Waals surface area contributed by atoms with Gasteiger partial charge in [0.2, 0.25) is 5.91 Å². The van der Waals surface area contributed by atoms with E-state index in [-0.39, 0.29) is 11.3 Å². The van der Waals surface area contributed by atoms with Crippen molar-refractivity contribution < 1.29 is 22.7 Å². The quantitative estimate of drug-likeness (QED) is 0.836. The lowest BCUT2D eigenvalue weighted by Crippen LogP contribution is -2.30. The zero-order valence-electron chi connectivity index (χ0n) is 14.3. The minimum Gasteiger partial charge on any atom is -0.486 e. The predicted octanol–water partition coefficient (Wildman–Crippen LogP) is 3.01.